The summed E-state index contributed by atoms with van der Waals surface area (Å²) in [6.45, 7) is 3.39. The van der Waals surface area contributed by atoms with Crippen LogP contribution in [0.25, 0.3) is 11.8 Å². The molecule has 0 unspecified atom stereocenters. The zero-order chi connectivity index (χ0) is 26.7. The fourth-order valence-electron chi connectivity index (χ4n) is 5.89. The predicted molar refractivity (Wildman–Crippen MR) is 126 cm³/mol. The number of hydrogen-bond acceptors (Lipinski definition) is 9. The van der Waals surface area contributed by atoms with Gasteiger partial charge in [0.1, 0.15) is 22.8 Å². The van der Waals surface area contributed by atoms with E-state index in [-0.39, 0.29) is 29.7 Å². The van der Waals surface area contributed by atoms with E-state index in [0.29, 0.717) is 11.1 Å². The number of Topliss-reactive ketones (excluding diaryl/α,β-unsaturated/α-hetero) is 2. The third-order valence-corrected chi connectivity index (χ3v) is 7.49. The van der Waals surface area contributed by atoms with Crippen LogP contribution in [-0.4, -0.2) is 56.6 Å². The molecule has 10 nitrogen and oxygen atoms in total. The first-order valence-corrected chi connectivity index (χ1v) is 11.4. The fraction of sp³-hybridized carbons (Fsp3) is 0.385. The maximum absolute atomic E-state index is 13.8. The summed E-state index contributed by atoms with van der Waals surface area (Å²) in [7, 11) is 1.22. The molecule has 0 bridgehead atoms. The van der Waals surface area contributed by atoms with Gasteiger partial charge in [0.2, 0.25) is 5.78 Å². The molecule has 3 aliphatic carbocycles. The number of phenolic OH excluding ortho intramolecular Hbond substituents is 1. The largest absolute Gasteiger partial charge is 0.508 e. The van der Waals surface area contributed by atoms with Crippen LogP contribution in [0.4, 0.5) is 0 Å². The minimum absolute atomic E-state index is 0.0155. The lowest BCUT2D eigenvalue weighted by Crippen LogP contribution is -2.62. The Morgan fingerprint density at radius 3 is 2.44 bits per heavy atom. The van der Waals surface area contributed by atoms with E-state index in [0.717, 1.165) is 0 Å². The molecule has 0 radical (unpaired) electrons. The van der Waals surface area contributed by atoms with Crippen molar-refractivity contribution in [2.24, 2.45) is 29.4 Å². The molecule has 0 aromatic heterocycles. The van der Waals surface area contributed by atoms with E-state index in [1.807, 2.05) is 0 Å². The van der Waals surface area contributed by atoms with Gasteiger partial charge in [-0.15, -0.1) is 0 Å². The molecule has 4 atom stereocenters. The summed E-state index contributed by atoms with van der Waals surface area (Å²) >= 11 is 0. The number of aromatic hydroxyl groups is 1. The van der Waals surface area contributed by atoms with Crippen LogP contribution in [0.3, 0.4) is 0 Å². The molecule has 1 aromatic carbocycles. The average molecular weight is 498 g/mol. The lowest BCUT2D eigenvalue weighted by Gasteiger charge is -2.50. The zero-order valence-electron chi connectivity index (χ0n) is 19.9. The van der Waals surface area contributed by atoms with E-state index in [4.69, 9.17) is 5.73 Å². The van der Waals surface area contributed by atoms with Gasteiger partial charge in [0, 0.05) is 23.5 Å². The zero-order valence-corrected chi connectivity index (χ0v) is 19.9. The monoisotopic (exact) mass is 497 g/mol. The molecule has 0 heterocycles. The van der Waals surface area contributed by atoms with Crippen LogP contribution in [0.15, 0.2) is 35.1 Å². The second-order valence-electron chi connectivity index (χ2n) is 9.71. The minimum Gasteiger partial charge on any atom is -0.508 e. The molecule has 3 aliphatic rings. The van der Waals surface area contributed by atoms with Crippen LogP contribution in [0.2, 0.25) is 0 Å². The first-order valence-electron chi connectivity index (χ1n) is 11.4. The Hall–Kier alpha value is -3.92. The van der Waals surface area contributed by atoms with Crippen LogP contribution in [0.1, 0.15) is 37.0 Å². The van der Waals surface area contributed by atoms with Crippen molar-refractivity contribution < 1.29 is 44.3 Å². The van der Waals surface area contributed by atoms with Crippen molar-refractivity contribution in [2.75, 3.05) is 7.11 Å². The minimum atomic E-state index is -2.65. The highest BCUT2D eigenvalue weighted by Gasteiger charge is 2.64. The number of esters is 1. The molecule has 4 rings (SSSR count). The smallest absolute Gasteiger partial charge is 0.330 e. The maximum Gasteiger partial charge on any atom is 0.330 e. The van der Waals surface area contributed by atoms with Gasteiger partial charge in [0.25, 0.3) is 5.91 Å². The molecule has 10 heteroatoms. The third kappa shape index (κ3) is 3.43. The molecule has 190 valence electrons. The Balaban J connectivity index is 1.94. The molecule has 1 saturated carbocycles. The highest BCUT2D eigenvalue weighted by Crippen LogP contribution is 2.54. The van der Waals surface area contributed by atoms with Crippen molar-refractivity contribution in [3.8, 4) is 5.75 Å². The van der Waals surface area contributed by atoms with E-state index in [9.17, 15) is 39.6 Å². The number of ketones is 2. The van der Waals surface area contributed by atoms with Crippen LogP contribution in [-0.2, 0) is 30.3 Å². The Labute approximate surface area is 206 Å². The quantitative estimate of drug-likeness (QED) is 0.233. The normalized spacial score (nSPS) is 27.8. The summed E-state index contributed by atoms with van der Waals surface area (Å²) in [6, 6.07) is 2.83. The highest BCUT2D eigenvalue weighted by molar-refractivity contribution is 6.23. The van der Waals surface area contributed by atoms with Crippen molar-refractivity contribution in [3.63, 3.8) is 0 Å². The van der Waals surface area contributed by atoms with Crippen LogP contribution < -0.4 is 5.73 Å². The number of primary amides is 1. The number of benzene rings is 1. The molecule has 0 spiro atoms. The van der Waals surface area contributed by atoms with Gasteiger partial charge in [0.15, 0.2) is 11.4 Å². The fourth-order valence-corrected chi connectivity index (χ4v) is 5.89. The van der Waals surface area contributed by atoms with Gasteiger partial charge in [-0.05, 0) is 47.9 Å². The average Bonchev–Trinajstić information content (AvgIpc) is 2.80. The first-order chi connectivity index (χ1) is 16.9. The lowest BCUT2D eigenvalue weighted by molar-refractivity contribution is -0.155. The first kappa shape index (κ1) is 25.2. The second kappa shape index (κ2) is 8.63. The Morgan fingerprint density at radius 1 is 1.19 bits per heavy atom. The van der Waals surface area contributed by atoms with Crippen molar-refractivity contribution in [2.45, 2.75) is 32.3 Å². The molecule has 0 aliphatic heterocycles. The van der Waals surface area contributed by atoms with E-state index in [1.165, 1.54) is 25.3 Å². The summed E-state index contributed by atoms with van der Waals surface area (Å²) in [4.78, 5) is 50.5. The molecule has 0 saturated heterocycles. The van der Waals surface area contributed by atoms with Gasteiger partial charge in [-0.3, -0.25) is 14.4 Å². The number of aliphatic hydroxyl groups is 3. The Morgan fingerprint density at radius 2 is 1.86 bits per heavy atom. The van der Waals surface area contributed by atoms with Gasteiger partial charge in [0.05, 0.1) is 12.7 Å². The number of amides is 1. The highest BCUT2D eigenvalue weighted by atomic mass is 16.5. The number of carbonyl (C=O) groups is 4. The van der Waals surface area contributed by atoms with E-state index in [1.54, 1.807) is 19.9 Å². The van der Waals surface area contributed by atoms with Gasteiger partial charge in [-0.2, -0.15) is 0 Å². The summed E-state index contributed by atoms with van der Waals surface area (Å²) in [5.74, 6) is -8.90. The molecular weight excluding hydrogens is 470 g/mol. The number of rotatable bonds is 4. The number of aliphatic hydroxyl groups excluding tert-OH is 2. The number of hydrogen-bond donors (Lipinski definition) is 5. The predicted octanol–water partition coefficient (Wildman–Crippen LogP) is 1.49. The SMILES string of the molecule is COC(=O)/C=C/c1ccc(O)c2c1C[C@H]1C[C@H]3[C@H](C(C)C)C(=O)C(C(N)=O)=C(O)[C@@]3(O)C(=O)C1=C2O. The standard InChI is InChI=1S/C26H27NO9/c1-10(2)17-14-9-12-8-13-11(5-7-16(29)36-3)4-6-15(28)19(13)22(31)18(12)23(32)26(14,35)24(33)20(21(17)30)25(27)34/h4-7,10,12,14,17,28,31,33,35H,8-9H2,1-3H3,(H2,27,34)/b7-5+/t12-,14-,17-,26-/m0/s1. The van der Waals surface area contributed by atoms with Gasteiger partial charge in [-0.25, -0.2) is 4.79 Å². The summed E-state index contributed by atoms with van der Waals surface area (Å²) in [5, 5.41) is 44.1. The lowest BCUT2D eigenvalue weighted by atomic mass is 9.54. The summed E-state index contributed by atoms with van der Waals surface area (Å²) < 4.78 is 4.61. The van der Waals surface area contributed by atoms with Crippen LogP contribution in [0.5, 0.6) is 5.75 Å². The Bertz CT molecular complexity index is 1300. The summed E-state index contributed by atoms with van der Waals surface area (Å²) in [6.07, 6.45) is 2.78. The van der Waals surface area contributed by atoms with E-state index in [2.05, 4.69) is 4.74 Å². The van der Waals surface area contributed by atoms with Crippen molar-refractivity contribution in [1.82, 2.24) is 0 Å². The van der Waals surface area contributed by atoms with Crippen LogP contribution in [0, 0.1) is 23.7 Å². The van der Waals surface area contributed by atoms with Crippen molar-refractivity contribution >= 4 is 35.3 Å². The molecule has 1 amide bonds. The van der Waals surface area contributed by atoms with Gasteiger partial charge < -0.3 is 30.9 Å². The number of phenols is 1. The van der Waals surface area contributed by atoms with E-state index < -0.39 is 69.8 Å². The van der Waals surface area contributed by atoms with Crippen molar-refractivity contribution in [3.05, 3.63) is 51.8 Å². The van der Waals surface area contributed by atoms with E-state index >= 15 is 0 Å². The maximum atomic E-state index is 13.8. The topological polar surface area (TPSA) is 184 Å². The number of nitrogens with two attached hydrogens (primary N) is 1. The van der Waals surface area contributed by atoms with Gasteiger partial charge >= 0.3 is 5.97 Å². The molecule has 1 fully saturated rings. The third-order valence-electron chi connectivity index (χ3n) is 7.49. The number of carbonyl (C=O) groups excluding carboxylic acids is 4. The second-order valence-corrected chi connectivity index (χ2v) is 9.71. The molecule has 6 N–H and O–H groups in total. The number of ether oxygens (including phenoxy) is 1. The molecular formula is C26H27NO9. The number of methoxy groups -OCH3 is 1. The Kier molecular flexibility index (Phi) is 6.04. The summed E-state index contributed by atoms with van der Waals surface area (Å²) in [5.41, 5.74) is 2.53. The van der Waals surface area contributed by atoms with Gasteiger partial charge in [-0.1, -0.05) is 19.9 Å². The molecule has 1 aromatic rings. The van der Waals surface area contributed by atoms with Crippen molar-refractivity contribution in [1.29, 1.82) is 0 Å². The molecule has 36 heavy (non-hydrogen) atoms. The van der Waals surface area contributed by atoms with Crippen LogP contribution >= 0.6 is 0 Å². The number of fused-ring (bicyclic) bond motifs is 3.